The number of nitrogens with zero attached hydrogens (tertiary/aromatic N) is 2. The van der Waals surface area contributed by atoms with Crippen LogP contribution < -0.4 is 10.6 Å². The molecule has 0 spiro atoms. The van der Waals surface area contributed by atoms with E-state index < -0.39 is 5.60 Å². The molecular weight excluding hydrogens is 443 g/mol. The van der Waals surface area contributed by atoms with Crippen LogP contribution in [0.5, 0.6) is 0 Å². The minimum atomic E-state index is -0.822. The van der Waals surface area contributed by atoms with Crippen LogP contribution in [0.25, 0.3) is 0 Å². The van der Waals surface area contributed by atoms with E-state index in [0.29, 0.717) is 13.1 Å². The highest BCUT2D eigenvalue weighted by Gasteiger charge is 2.25. The minimum Gasteiger partial charge on any atom is -0.387 e. The van der Waals surface area contributed by atoms with Gasteiger partial charge in [0.1, 0.15) is 0 Å². The van der Waals surface area contributed by atoms with Crippen molar-refractivity contribution >= 4 is 29.9 Å². The number of rotatable bonds is 7. The first-order chi connectivity index (χ1) is 12.0. The molecule has 0 aromatic rings. The van der Waals surface area contributed by atoms with Gasteiger partial charge in [0, 0.05) is 32.7 Å². The molecule has 6 nitrogen and oxygen atoms in total. The summed E-state index contributed by atoms with van der Waals surface area (Å²) in [5, 5.41) is 17.5. The molecule has 1 aliphatic heterocycles. The van der Waals surface area contributed by atoms with E-state index >= 15 is 0 Å². The van der Waals surface area contributed by atoms with Crippen LogP contribution in [0.2, 0.25) is 0 Å². The van der Waals surface area contributed by atoms with Crippen LogP contribution in [0.3, 0.4) is 0 Å². The molecule has 0 amide bonds. The van der Waals surface area contributed by atoms with Gasteiger partial charge in [0.2, 0.25) is 0 Å². The first-order valence-electron chi connectivity index (χ1n) is 10.0. The molecule has 154 valence electrons. The number of nitrogens with one attached hydrogen (secondary N) is 2. The maximum atomic E-state index is 10.7. The Kier molecular flexibility index (Phi) is 11.4. The van der Waals surface area contributed by atoms with Crippen LogP contribution in [0.1, 0.15) is 46.5 Å². The summed E-state index contributed by atoms with van der Waals surface area (Å²) in [6, 6.07) is 0. The fraction of sp³-hybridized carbons (Fsp3) is 0.947. The minimum absolute atomic E-state index is 0. The summed E-state index contributed by atoms with van der Waals surface area (Å²) in [6.45, 7) is 12.4. The van der Waals surface area contributed by atoms with E-state index in [4.69, 9.17) is 4.74 Å². The molecule has 1 saturated carbocycles. The first-order valence-corrected chi connectivity index (χ1v) is 10.0. The molecule has 7 heteroatoms. The summed E-state index contributed by atoms with van der Waals surface area (Å²) in [7, 11) is 0. The van der Waals surface area contributed by atoms with Crippen LogP contribution in [0.15, 0.2) is 4.99 Å². The normalized spacial score (nSPS) is 27.3. The maximum absolute atomic E-state index is 10.7. The van der Waals surface area contributed by atoms with E-state index in [1.54, 1.807) is 0 Å². The first kappa shape index (κ1) is 23.9. The highest BCUT2D eigenvalue weighted by atomic mass is 127. The van der Waals surface area contributed by atoms with Gasteiger partial charge in [-0.2, -0.15) is 0 Å². The van der Waals surface area contributed by atoms with E-state index in [9.17, 15) is 5.11 Å². The van der Waals surface area contributed by atoms with Crippen molar-refractivity contribution in [2.75, 3.05) is 52.5 Å². The predicted molar refractivity (Wildman–Crippen MR) is 118 cm³/mol. The van der Waals surface area contributed by atoms with Gasteiger partial charge in [0.15, 0.2) is 5.96 Å². The zero-order chi connectivity index (χ0) is 18.1. The van der Waals surface area contributed by atoms with E-state index in [1.807, 2.05) is 6.92 Å². The van der Waals surface area contributed by atoms with Gasteiger partial charge >= 0.3 is 0 Å². The fourth-order valence-electron chi connectivity index (χ4n) is 3.81. The van der Waals surface area contributed by atoms with E-state index in [-0.39, 0.29) is 24.0 Å². The monoisotopic (exact) mass is 482 g/mol. The molecule has 3 atom stereocenters. The molecule has 1 saturated heterocycles. The van der Waals surface area contributed by atoms with Crippen molar-refractivity contribution in [3.63, 3.8) is 0 Å². The standard InChI is InChI=1S/C19H38N4O2.HI/c1-4-20-18(21-13-17-8-6-5-7-16(17)2)22-14-19(3,24)15-23-9-11-25-12-10-23;/h16-17,24H,4-15H2,1-3H3,(H2,20,21,22);1H. The van der Waals surface area contributed by atoms with Crippen LogP contribution in [-0.4, -0.2) is 74.0 Å². The summed E-state index contributed by atoms with van der Waals surface area (Å²) in [5.41, 5.74) is -0.822. The Bertz CT molecular complexity index is 414. The van der Waals surface area contributed by atoms with E-state index in [0.717, 1.165) is 57.2 Å². The van der Waals surface area contributed by atoms with Crippen molar-refractivity contribution < 1.29 is 9.84 Å². The third kappa shape index (κ3) is 8.71. The summed E-state index contributed by atoms with van der Waals surface area (Å²) in [6.07, 6.45) is 5.37. The molecule has 0 bridgehead atoms. The third-order valence-electron chi connectivity index (χ3n) is 5.41. The van der Waals surface area contributed by atoms with Crippen molar-refractivity contribution in [3.05, 3.63) is 0 Å². The number of guanidine groups is 1. The highest BCUT2D eigenvalue weighted by Crippen LogP contribution is 2.28. The Morgan fingerprint density at radius 1 is 1.23 bits per heavy atom. The number of ether oxygens (including phenoxy) is 1. The van der Waals surface area contributed by atoms with E-state index in [2.05, 4.69) is 34.4 Å². The largest absolute Gasteiger partial charge is 0.387 e. The van der Waals surface area contributed by atoms with Crippen LogP contribution >= 0.6 is 24.0 Å². The summed E-state index contributed by atoms with van der Waals surface area (Å²) >= 11 is 0. The Labute approximate surface area is 176 Å². The Morgan fingerprint density at radius 3 is 2.58 bits per heavy atom. The molecule has 0 aromatic carbocycles. The number of morpholine rings is 1. The molecule has 0 radical (unpaired) electrons. The average Bonchev–Trinajstić information content (AvgIpc) is 2.59. The molecule has 26 heavy (non-hydrogen) atoms. The van der Waals surface area contributed by atoms with Gasteiger partial charge in [0.05, 0.1) is 25.4 Å². The number of aliphatic hydroxyl groups is 1. The fourth-order valence-corrected chi connectivity index (χ4v) is 3.81. The topological polar surface area (TPSA) is 69.1 Å². The molecule has 3 N–H and O–H groups in total. The lowest BCUT2D eigenvalue weighted by Gasteiger charge is -2.33. The quantitative estimate of drug-likeness (QED) is 0.295. The van der Waals surface area contributed by atoms with Gasteiger partial charge in [-0.15, -0.1) is 24.0 Å². The van der Waals surface area contributed by atoms with Crippen LogP contribution in [0, 0.1) is 11.8 Å². The molecule has 0 aromatic heterocycles. The lowest BCUT2D eigenvalue weighted by atomic mass is 9.80. The molecule has 1 heterocycles. The number of hydrogen-bond acceptors (Lipinski definition) is 4. The van der Waals surface area contributed by atoms with Crippen molar-refractivity contribution in [2.24, 2.45) is 16.8 Å². The smallest absolute Gasteiger partial charge is 0.191 e. The predicted octanol–water partition coefficient (Wildman–Crippen LogP) is 2.07. The zero-order valence-electron chi connectivity index (χ0n) is 16.8. The molecule has 2 aliphatic rings. The van der Waals surface area contributed by atoms with Gasteiger partial charge in [0.25, 0.3) is 0 Å². The van der Waals surface area contributed by atoms with Gasteiger partial charge in [-0.05, 0) is 32.1 Å². The SMILES string of the molecule is CCNC(=NCC(C)(O)CN1CCOCC1)NCC1CCCCC1C.I. The zero-order valence-corrected chi connectivity index (χ0v) is 19.1. The molecular formula is C19H39IN4O2. The summed E-state index contributed by atoms with van der Waals surface area (Å²) in [5.74, 6) is 2.34. The average molecular weight is 482 g/mol. The Balaban J connectivity index is 0.00000338. The van der Waals surface area contributed by atoms with E-state index in [1.165, 1.54) is 25.7 Å². The van der Waals surface area contributed by atoms with Gasteiger partial charge in [-0.1, -0.05) is 26.2 Å². The molecule has 2 rings (SSSR count). The second-order valence-electron chi connectivity index (χ2n) is 7.98. The lowest BCUT2D eigenvalue weighted by molar-refractivity contribution is -0.0180. The van der Waals surface area contributed by atoms with Gasteiger partial charge in [-0.3, -0.25) is 9.89 Å². The lowest BCUT2D eigenvalue weighted by Crippen LogP contribution is -2.48. The van der Waals surface area contributed by atoms with Crippen molar-refractivity contribution in [2.45, 2.75) is 52.1 Å². The molecule has 2 fully saturated rings. The number of halogens is 1. The Hall–Kier alpha value is -0.120. The maximum Gasteiger partial charge on any atom is 0.191 e. The van der Waals surface area contributed by atoms with Crippen molar-refractivity contribution in [1.29, 1.82) is 0 Å². The molecule has 1 aliphatic carbocycles. The van der Waals surface area contributed by atoms with Crippen LogP contribution in [-0.2, 0) is 4.74 Å². The van der Waals surface area contributed by atoms with Gasteiger partial charge in [-0.25, -0.2) is 0 Å². The number of aliphatic imine (C=N–C) groups is 1. The summed E-state index contributed by atoms with van der Waals surface area (Å²) < 4.78 is 5.37. The number of β-amino-alcohol motifs (C(OH)–C–C–N with tert-alkyl or cyclic N) is 1. The van der Waals surface area contributed by atoms with Crippen molar-refractivity contribution in [3.8, 4) is 0 Å². The Morgan fingerprint density at radius 2 is 1.92 bits per heavy atom. The van der Waals surface area contributed by atoms with Crippen molar-refractivity contribution in [1.82, 2.24) is 15.5 Å². The highest BCUT2D eigenvalue weighted by molar-refractivity contribution is 14.0. The third-order valence-corrected chi connectivity index (χ3v) is 5.41. The van der Waals surface area contributed by atoms with Crippen LogP contribution in [0.4, 0.5) is 0 Å². The summed E-state index contributed by atoms with van der Waals surface area (Å²) in [4.78, 5) is 6.90. The molecule has 3 unspecified atom stereocenters. The second-order valence-corrected chi connectivity index (χ2v) is 7.98. The second kappa shape index (κ2) is 12.4. The number of hydrogen-bond donors (Lipinski definition) is 3. The van der Waals surface area contributed by atoms with Gasteiger partial charge < -0.3 is 20.5 Å².